The van der Waals surface area contributed by atoms with Gasteiger partial charge in [0, 0.05) is 27.3 Å². The molecule has 1 aromatic carbocycles. The average Bonchev–Trinajstić information content (AvgIpc) is 2.58. The molecule has 130 valence electrons. The van der Waals surface area contributed by atoms with Gasteiger partial charge in [-0.3, -0.25) is 9.59 Å². The van der Waals surface area contributed by atoms with Crippen molar-refractivity contribution in [2.75, 3.05) is 33.9 Å². The van der Waals surface area contributed by atoms with Crippen molar-refractivity contribution in [1.82, 2.24) is 10.2 Å². The molecule has 7 heteroatoms. The SMILES string of the molecule is COCCCNC(=O)CN(C)C(=O)[C@@H](C)Oc1ccccc1C#N. The van der Waals surface area contributed by atoms with Gasteiger partial charge in [-0.05, 0) is 25.5 Å². The number of ether oxygens (including phenoxy) is 2. The summed E-state index contributed by atoms with van der Waals surface area (Å²) in [6, 6.07) is 8.70. The molecule has 24 heavy (non-hydrogen) atoms. The first-order chi connectivity index (χ1) is 11.5. The van der Waals surface area contributed by atoms with E-state index in [0.717, 1.165) is 0 Å². The summed E-state index contributed by atoms with van der Waals surface area (Å²) >= 11 is 0. The van der Waals surface area contributed by atoms with E-state index >= 15 is 0 Å². The predicted molar refractivity (Wildman–Crippen MR) is 88.4 cm³/mol. The number of hydrogen-bond donors (Lipinski definition) is 1. The summed E-state index contributed by atoms with van der Waals surface area (Å²) in [5.41, 5.74) is 0.357. The zero-order valence-corrected chi connectivity index (χ0v) is 14.2. The van der Waals surface area contributed by atoms with E-state index in [1.807, 2.05) is 6.07 Å². The number of hydrogen-bond acceptors (Lipinski definition) is 5. The third kappa shape index (κ3) is 6.26. The lowest BCUT2D eigenvalue weighted by atomic mass is 10.2. The van der Waals surface area contributed by atoms with Crippen molar-refractivity contribution in [2.45, 2.75) is 19.4 Å². The highest BCUT2D eigenvalue weighted by atomic mass is 16.5. The van der Waals surface area contributed by atoms with Crippen LogP contribution in [-0.4, -0.2) is 56.7 Å². The van der Waals surface area contributed by atoms with Crippen molar-refractivity contribution in [3.8, 4) is 11.8 Å². The van der Waals surface area contributed by atoms with E-state index in [9.17, 15) is 9.59 Å². The van der Waals surface area contributed by atoms with Gasteiger partial charge in [0.1, 0.15) is 11.8 Å². The van der Waals surface area contributed by atoms with Crippen molar-refractivity contribution < 1.29 is 19.1 Å². The number of nitrogens with zero attached hydrogens (tertiary/aromatic N) is 2. The van der Waals surface area contributed by atoms with E-state index in [0.29, 0.717) is 30.9 Å². The molecule has 1 rings (SSSR count). The Hall–Kier alpha value is -2.59. The molecule has 1 aromatic rings. The molecule has 0 radical (unpaired) electrons. The Labute approximate surface area is 142 Å². The number of amides is 2. The van der Waals surface area contributed by atoms with Crippen LogP contribution in [0.15, 0.2) is 24.3 Å². The van der Waals surface area contributed by atoms with Gasteiger partial charge in [-0.1, -0.05) is 12.1 Å². The van der Waals surface area contributed by atoms with Gasteiger partial charge in [0.2, 0.25) is 5.91 Å². The Kier molecular flexibility index (Phi) is 8.30. The third-order valence-corrected chi connectivity index (χ3v) is 3.26. The smallest absolute Gasteiger partial charge is 0.263 e. The van der Waals surface area contributed by atoms with E-state index in [1.54, 1.807) is 38.3 Å². The van der Waals surface area contributed by atoms with Crippen LogP contribution in [0, 0.1) is 11.3 Å². The van der Waals surface area contributed by atoms with Crippen LogP contribution in [0.4, 0.5) is 0 Å². The molecule has 0 aromatic heterocycles. The van der Waals surface area contributed by atoms with Gasteiger partial charge in [-0.25, -0.2) is 0 Å². The maximum Gasteiger partial charge on any atom is 0.263 e. The van der Waals surface area contributed by atoms with Crippen LogP contribution in [-0.2, 0) is 14.3 Å². The maximum absolute atomic E-state index is 12.3. The second-order valence-electron chi connectivity index (χ2n) is 5.26. The van der Waals surface area contributed by atoms with E-state index in [2.05, 4.69) is 5.32 Å². The van der Waals surface area contributed by atoms with Gasteiger partial charge >= 0.3 is 0 Å². The van der Waals surface area contributed by atoms with Crippen molar-refractivity contribution >= 4 is 11.8 Å². The number of rotatable bonds is 9. The molecular weight excluding hydrogens is 310 g/mol. The second kappa shape index (κ2) is 10.2. The number of benzene rings is 1. The van der Waals surface area contributed by atoms with Gasteiger partial charge in [0.25, 0.3) is 5.91 Å². The Morgan fingerprint density at radius 2 is 2.08 bits per heavy atom. The minimum atomic E-state index is -0.800. The quantitative estimate of drug-likeness (QED) is 0.679. The number of carbonyl (C=O) groups is 2. The maximum atomic E-state index is 12.3. The summed E-state index contributed by atoms with van der Waals surface area (Å²) in [7, 11) is 3.13. The molecule has 0 heterocycles. The first-order valence-corrected chi connectivity index (χ1v) is 7.66. The summed E-state index contributed by atoms with van der Waals surface area (Å²) in [4.78, 5) is 25.3. The second-order valence-corrected chi connectivity index (χ2v) is 5.26. The summed E-state index contributed by atoms with van der Waals surface area (Å²) < 4.78 is 10.4. The van der Waals surface area contributed by atoms with Crippen LogP contribution in [0.5, 0.6) is 5.75 Å². The molecule has 0 fully saturated rings. The molecule has 2 amide bonds. The highest BCUT2D eigenvalue weighted by molar-refractivity contribution is 5.86. The monoisotopic (exact) mass is 333 g/mol. The average molecular weight is 333 g/mol. The van der Waals surface area contributed by atoms with E-state index in [4.69, 9.17) is 14.7 Å². The summed E-state index contributed by atoms with van der Waals surface area (Å²) in [6.07, 6.45) is -0.0875. The Morgan fingerprint density at radius 1 is 1.38 bits per heavy atom. The summed E-state index contributed by atoms with van der Waals surface area (Å²) in [5, 5.41) is 11.7. The topological polar surface area (TPSA) is 91.7 Å². The van der Waals surface area contributed by atoms with E-state index in [-0.39, 0.29) is 18.4 Å². The van der Waals surface area contributed by atoms with E-state index < -0.39 is 6.10 Å². The number of nitrogens with one attached hydrogen (secondary N) is 1. The van der Waals surface area contributed by atoms with Crippen LogP contribution in [0.3, 0.4) is 0 Å². The Morgan fingerprint density at radius 3 is 2.75 bits per heavy atom. The number of methoxy groups -OCH3 is 1. The minimum Gasteiger partial charge on any atom is -0.480 e. The molecule has 1 atom stereocenters. The Bertz CT molecular complexity index is 598. The number of para-hydroxylation sites is 1. The van der Waals surface area contributed by atoms with Gasteiger partial charge < -0.3 is 19.7 Å². The van der Waals surface area contributed by atoms with Crippen molar-refractivity contribution in [1.29, 1.82) is 5.26 Å². The minimum absolute atomic E-state index is 0.0561. The van der Waals surface area contributed by atoms with Gasteiger partial charge in [0.05, 0.1) is 12.1 Å². The zero-order valence-electron chi connectivity index (χ0n) is 14.2. The highest BCUT2D eigenvalue weighted by Gasteiger charge is 2.21. The fourth-order valence-electron chi connectivity index (χ4n) is 2.01. The van der Waals surface area contributed by atoms with Gasteiger partial charge in [-0.2, -0.15) is 5.26 Å². The molecule has 0 unspecified atom stereocenters. The number of nitriles is 1. The molecule has 0 saturated carbocycles. The molecular formula is C17H23N3O4. The van der Waals surface area contributed by atoms with Crippen LogP contribution < -0.4 is 10.1 Å². The van der Waals surface area contributed by atoms with Crippen molar-refractivity contribution in [3.63, 3.8) is 0 Å². The Balaban J connectivity index is 2.50. The largest absolute Gasteiger partial charge is 0.480 e. The first-order valence-electron chi connectivity index (χ1n) is 7.66. The van der Waals surface area contributed by atoms with Gasteiger partial charge in [-0.15, -0.1) is 0 Å². The zero-order chi connectivity index (χ0) is 17.9. The van der Waals surface area contributed by atoms with Crippen molar-refractivity contribution in [2.24, 2.45) is 0 Å². The highest BCUT2D eigenvalue weighted by Crippen LogP contribution is 2.18. The van der Waals surface area contributed by atoms with E-state index in [1.165, 1.54) is 11.9 Å². The standard InChI is InChI=1S/C17H23N3O4/c1-13(24-15-8-5-4-7-14(15)11-18)17(22)20(2)12-16(21)19-9-6-10-23-3/h4-5,7-8,13H,6,9-10,12H2,1-3H3,(H,19,21)/t13-/m1/s1. The summed E-state index contributed by atoms with van der Waals surface area (Å²) in [6.45, 7) is 2.59. The van der Waals surface area contributed by atoms with Crippen LogP contribution in [0.2, 0.25) is 0 Å². The molecule has 0 aliphatic rings. The van der Waals surface area contributed by atoms with Crippen molar-refractivity contribution in [3.05, 3.63) is 29.8 Å². The molecule has 1 N–H and O–H groups in total. The lowest BCUT2D eigenvalue weighted by molar-refractivity contribution is -0.139. The fourth-order valence-corrected chi connectivity index (χ4v) is 2.01. The molecule has 0 bridgehead atoms. The van der Waals surface area contributed by atoms with Crippen LogP contribution in [0.1, 0.15) is 18.9 Å². The molecule has 0 saturated heterocycles. The van der Waals surface area contributed by atoms with Gasteiger partial charge in [0.15, 0.2) is 6.10 Å². The molecule has 7 nitrogen and oxygen atoms in total. The number of likely N-dealkylation sites (N-methyl/N-ethyl adjacent to an activating group) is 1. The number of carbonyl (C=O) groups excluding carboxylic acids is 2. The lowest BCUT2D eigenvalue weighted by Crippen LogP contribution is -2.43. The lowest BCUT2D eigenvalue weighted by Gasteiger charge is -2.22. The van der Waals surface area contributed by atoms with Crippen LogP contribution in [0.25, 0.3) is 0 Å². The normalized spacial score (nSPS) is 11.2. The molecule has 0 aliphatic heterocycles. The third-order valence-electron chi connectivity index (χ3n) is 3.26. The predicted octanol–water partition coefficient (Wildman–Crippen LogP) is 0.937. The molecule has 0 aliphatic carbocycles. The fraction of sp³-hybridized carbons (Fsp3) is 0.471. The first kappa shape index (κ1) is 19.5. The van der Waals surface area contributed by atoms with Crippen LogP contribution >= 0.6 is 0 Å². The summed E-state index contributed by atoms with van der Waals surface area (Å²) in [5.74, 6) is -0.236. The molecule has 0 spiro atoms.